The molecule has 0 amide bonds. The van der Waals surface area contributed by atoms with E-state index in [9.17, 15) is 43.2 Å². The molecule has 0 fully saturated rings. The van der Waals surface area contributed by atoms with Crippen molar-refractivity contribution in [3.05, 3.63) is 71.3 Å². The molecule has 0 N–H and O–H groups in total. The Bertz CT molecular complexity index is 1070. The Morgan fingerprint density at radius 1 is 0.613 bits per heavy atom. The number of sulfone groups is 2. The Labute approximate surface area is 260 Å². The van der Waals surface area contributed by atoms with Crippen molar-refractivity contribution in [2.45, 2.75) is 28.4 Å². The number of benzene rings is 2. The van der Waals surface area contributed by atoms with Gasteiger partial charge in [0.2, 0.25) is 0 Å². The SMILES string of the molecule is CC(c1ccc(C(c2ccccc2)S(=O)(=O)C(F)(F)F)cc1)S(=O)(=O)C(F)(F)F.[K+].[K+]. The van der Waals surface area contributed by atoms with Gasteiger partial charge in [-0.2, -0.15) is 26.3 Å². The summed E-state index contributed by atoms with van der Waals surface area (Å²) in [5, 5.41) is -4.18. The van der Waals surface area contributed by atoms with Crippen molar-refractivity contribution in [1.29, 1.82) is 0 Å². The summed E-state index contributed by atoms with van der Waals surface area (Å²) < 4.78 is 125. The van der Waals surface area contributed by atoms with E-state index in [0.717, 1.165) is 31.2 Å². The maximum Gasteiger partial charge on any atom is 1.00 e. The van der Waals surface area contributed by atoms with Gasteiger partial charge in [0.1, 0.15) is 5.25 Å². The number of rotatable bonds is 5. The Kier molecular flexibility index (Phi) is 12.2. The van der Waals surface area contributed by atoms with Gasteiger partial charge in [-0.1, -0.05) is 54.6 Å². The van der Waals surface area contributed by atoms with Gasteiger partial charge < -0.3 is 0 Å². The minimum Gasteiger partial charge on any atom is -0.219 e. The van der Waals surface area contributed by atoms with Crippen molar-refractivity contribution in [2.24, 2.45) is 0 Å². The van der Waals surface area contributed by atoms with Gasteiger partial charge in [-0.15, -0.1) is 0 Å². The zero-order chi connectivity index (χ0) is 22.3. The summed E-state index contributed by atoms with van der Waals surface area (Å²) in [4.78, 5) is 0. The quantitative estimate of drug-likeness (QED) is 0.351. The van der Waals surface area contributed by atoms with Crippen molar-refractivity contribution >= 4 is 19.7 Å². The Balaban J connectivity index is 0.00000450. The Hall–Kier alpha value is 1.19. The average Bonchev–Trinajstić information content (AvgIpc) is 2.60. The molecule has 14 heteroatoms. The zero-order valence-electron chi connectivity index (χ0n) is 16.6. The summed E-state index contributed by atoms with van der Waals surface area (Å²) in [7, 11) is -11.3. The van der Waals surface area contributed by atoms with Gasteiger partial charge in [0, 0.05) is 0 Å². The van der Waals surface area contributed by atoms with Crippen LogP contribution in [0.3, 0.4) is 0 Å². The first-order chi connectivity index (χ1) is 13.1. The van der Waals surface area contributed by atoms with Crippen LogP contribution >= 0.6 is 0 Å². The summed E-state index contributed by atoms with van der Waals surface area (Å²) >= 11 is 0. The molecule has 2 aromatic rings. The summed E-state index contributed by atoms with van der Waals surface area (Å²) in [6.45, 7) is 0.777. The van der Waals surface area contributed by atoms with Gasteiger partial charge in [0.25, 0.3) is 19.7 Å². The zero-order valence-corrected chi connectivity index (χ0v) is 24.4. The van der Waals surface area contributed by atoms with Crippen LogP contribution in [0.2, 0.25) is 0 Å². The number of hydrogen-bond donors (Lipinski definition) is 0. The van der Waals surface area contributed by atoms with E-state index in [1.54, 1.807) is 0 Å². The van der Waals surface area contributed by atoms with Crippen LogP contribution in [0.25, 0.3) is 0 Å². The standard InChI is InChI=1S/C17H14F6O4S2.2K/c1-11(28(24,25)16(18,19)20)12-7-9-14(10-8-12)15(13-5-3-2-4-6-13)29(26,27)17(21,22)23;;/h2-11,15H,1H3;;/q;2*+1. The summed E-state index contributed by atoms with van der Waals surface area (Å²) in [5.41, 5.74) is -12.0. The van der Waals surface area contributed by atoms with Crippen LogP contribution in [0, 0.1) is 0 Å². The Morgan fingerprint density at radius 3 is 1.35 bits per heavy atom. The fourth-order valence-corrected chi connectivity index (χ4v) is 4.85. The van der Waals surface area contributed by atoms with Crippen LogP contribution in [0.5, 0.6) is 0 Å². The third-order valence-corrected chi connectivity index (χ3v) is 7.89. The molecule has 31 heavy (non-hydrogen) atoms. The molecule has 0 aliphatic rings. The molecule has 4 nitrogen and oxygen atoms in total. The second kappa shape index (κ2) is 11.8. The molecule has 0 radical (unpaired) electrons. The van der Waals surface area contributed by atoms with E-state index in [1.165, 1.54) is 30.3 Å². The maximum atomic E-state index is 13.2. The summed E-state index contributed by atoms with van der Waals surface area (Å²) in [6, 6.07) is 9.94. The van der Waals surface area contributed by atoms with Crippen LogP contribution in [0.1, 0.15) is 34.1 Å². The molecule has 0 spiro atoms. The van der Waals surface area contributed by atoms with Crippen LogP contribution in [-0.4, -0.2) is 27.9 Å². The van der Waals surface area contributed by atoms with E-state index in [0.29, 0.717) is 0 Å². The fraction of sp³-hybridized carbons (Fsp3) is 0.294. The largest absolute Gasteiger partial charge is 1.00 e. The van der Waals surface area contributed by atoms with E-state index in [-0.39, 0.29) is 119 Å². The molecule has 2 aromatic carbocycles. The van der Waals surface area contributed by atoms with Gasteiger partial charge >= 0.3 is 114 Å². The second-order valence-electron chi connectivity index (χ2n) is 6.08. The van der Waals surface area contributed by atoms with Gasteiger partial charge in [0.05, 0.1) is 5.25 Å². The molecule has 2 rings (SSSR count). The molecule has 0 aliphatic carbocycles. The molecule has 160 valence electrons. The van der Waals surface area contributed by atoms with Crippen molar-refractivity contribution in [1.82, 2.24) is 0 Å². The summed E-state index contributed by atoms with van der Waals surface area (Å²) in [6.07, 6.45) is 0. The minimum atomic E-state index is -5.73. The fourth-order valence-electron chi connectivity index (χ4n) is 2.63. The van der Waals surface area contributed by atoms with Gasteiger partial charge in [-0.3, -0.25) is 0 Å². The molecule has 2 unspecified atom stereocenters. The molecular formula is C17H14F6K2O4S2+2. The predicted octanol–water partition coefficient (Wildman–Crippen LogP) is -1.29. The number of hydrogen-bond acceptors (Lipinski definition) is 4. The maximum absolute atomic E-state index is 13.2. The second-order valence-corrected chi connectivity index (χ2v) is 10.4. The normalized spacial score (nSPS) is 14.7. The van der Waals surface area contributed by atoms with Crippen molar-refractivity contribution in [2.75, 3.05) is 0 Å². The van der Waals surface area contributed by atoms with E-state index >= 15 is 0 Å². The predicted molar refractivity (Wildman–Crippen MR) is 93.1 cm³/mol. The van der Waals surface area contributed by atoms with Crippen LogP contribution < -0.4 is 103 Å². The molecule has 0 saturated carbocycles. The van der Waals surface area contributed by atoms with E-state index in [2.05, 4.69) is 0 Å². The minimum absolute atomic E-state index is 0. The molecule has 0 saturated heterocycles. The number of alkyl halides is 6. The van der Waals surface area contributed by atoms with E-state index in [4.69, 9.17) is 0 Å². The molecule has 0 aromatic heterocycles. The first kappa shape index (κ1) is 32.2. The third-order valence-electron chi connectivity index (χ3n) is 4.23. The van der Waals surface area contributed by atoms with E-state index < -0.39 is 41.2 Å². The third kappa shape index (κ3) is 7.10. The molecule has 0 bridgehead atoms. The molecule has 0 heterocycles. The van der Waals surface area contributed by atoms with Crippen LogP contribution in [-0.2, 0) is 19.7 Å². The van der Waals surface area contributed by atoms with Gasteiger partial charge in [0.15, 0.2) is 0 Å². The van der Waals surface area contributed by atoms with Crippen LogP contribution in [0.15, 0.2) is 54.6 Å². The average molecular weight is 539 g/mol. The smallest absolute Gasteiger partial charge is 0.219 e. The van der Waals surface area contributed by atoms with Crippen LogP contribution in [0.4, 0.5) is 26.3 Å². The monoisotopic (exact) mass is 538 g/mol. The van der Waals surface area contributed by atoms with Gasteiger partial charge in [-0.05, 0) is 23.6 Å². The molecular weight excluding hydrogens is 525 g/mol. The van der Waals surface area contributed by atoms with Crippen molar-refractivity contribution in [3.8, 4) is 0 Å². The molecule has 2 atom stereocenters. The first-order valence-electron chi connectivity index (χ1n) is 7.86. The summed E-state index contributed by atoms with van der Waals surface area (Å²) in [5.74, 6) is 0. The number of halogens is 6. The van der Waals surface area contributed by atoms with Crippen molar-refractivity contribution < 1.29 is 146 Å². The first-order valence-corrected chi connectivity index (χ1v) is 10.9. The topological polar surface area (TPSA) is 68.3 Å². The van der Waals surface area contributed by atoms with Crippen molar-refractivity contribution in [3.63, 3.8) is 0 Å². The van der Waals surface area contributed by atoms with Gasteiger partial charge in [-0.25, -0.2) is 16.8 Å². The van der Waals surface area contributed by atoms with E-state index in [1.807, 2.05) is 0 Å². The Morgan fingerprint density at radius 2 is 0.968 bits per heavy atom. The molecule has 0 aliphatic heterocycles.